The first-order valence-electron chi connectivity index (χ1n) is 6.22. The Morgan fingerprint density at radius 2 is 2.05 bits per heavy atom. The molecule has 1 aromatic rings. The molecule has 1 aromatic carbocycles. The van der Waals surface area contributed by atoms with Crippen LogP contribution in [0.4, 0.5) is 4.39 Å². The van der Waals surface area contributed by atoms with Gasteiger partial charge in [0.2, 0.25) is 5.91 Å². The molecular weight excluding hydrogens is 247 g/mol. The summed E-state index contributed by atoms with van der Waals surface area (Å²) in [6, 6.07) is 3.89. The van der Waals surface area contributed by atoms with Crippen LogP contribution in [0.2, 0.25) is 0 Å². The summed E-state index contributed by atoms with van der Waals surface area (Å²) in [5, 5.41) is 15.3. The van der Waals surface area contributed by atoms with Crippen molar-refractivity contribution in [2.45, 2.75) is 45.8 Å². The van der Waals surface area contributed by atoms with Crippen LogP contribution < -0.4 is 10.6 Å². The molecule has 3 N–H and O–H groups in total. The highest BCUT2D eigenvalue weighted by molar-refractivity contribution is 5.81. The zero-order chi connectivity index (χ0) is 14.6. The lowest BCUT2D eigenvalue weighted by Crippen LogP contribution is -2.49. The van der Waals surface area contributed by atoms with E-state index in [4.69, 9.17) is 0 Å². The second kappa shape index (κ2) is 6.02. The second-order valence-electron chi connectivity index (χ2n) is 5.59. The SMILES string of the molecule is CC(NCc1cccc(F)c1O)C(=O)NC(C)(C)C. The summed E-state index contributed by atoms with van der Waals surface area (Å²) in [5.74, 6) is -1.17. The minimum absolute atomic E-state index is 0.136. The Bertz CT molecular complexity index is 455. The minimum atomic E-state index is -0.661. The fraction of sp³-hybridized carbons (Fsp3) is 0.500. The van der Waals surface area contributed by atoms with Gasteiger partial charge < -0.3 is 15.7 Å². The first-order valence-corrected chi connectivity index (χ1v) is 6.22. The number of rotatable bonds is 4. The molecule has 1 unspecified atom stereocenters. The Kier molecular flexibility index (Phi) is 4.89. The predicted molar refractivity (Wildman–Crippen MR) is 72.3 cm³/mol. The third-order valence-electron chi connectivity index (χ3n) is 2.56. The topological polar surface area (TPSA) is 61.4 Å². The summed E-state index contributed by atoms with van der Waals surface area (Å²) in [4.78, 5) is 11.8. The number of hydrogen-bond acceptors (Lipinski definition) is 3. The van der Waals surface area contributed by atoms with E-state index >= 15 is 0 Å². The average Bonchev–Trinajstić information content (AvgIpc) is 2.28. The van der Waals surface area contributed by atoms with Crippen molar-refractivity contribution < 1.29 is 14.3 Å². The second-order valence-corrected chi connectivity index (χ2v) is 5.59. The molecule has 19 heavy (non-hydrogen) atoms. The standard InChI is InChI=1S/C14H21FN2O2/c1-9(13(19)17-14(2,3)4)16-8-10-6-5-7-11(15)12(10)18/h5-7,9,16,18H,8H2,1-4H3,(H,17,19). The molecule has 4 nitrogen and oxygen atoms in total. The molecule has 0 fully saturated rings. The summed E-state index contributed by atoms with van der Waals surface area (Å²) in [6.45, 7) is 7.64. The van der Waals surface area contributed by atoms with Crippen LogP contribution in [-0.4, -0.2) is 22.6 Å². The van der Waals surface area contributed by atoms with Crippen LogP contribution in [-0.2, 0) is 11.3 Å². The summed E-state index contributed by atoms with van der Waals surface area (Å²) in [6.07, 6.45) is 0. The highest BCUT2D eigenvalue weighted by Gasteiger charge is 2.19. The van der Waals surface area contributed by atoms with Crippen molar-refractivity contribution in [2.24, 2.45) is 0 Å². The Morgan fingerprint density at radius 1 is 1.42 bits per heavy atom. The molecule has 0 saturated carbocycles. The molecule has 0 aliphatic carbocycles. The van der Waals surface area contributed by atoms with Gasteiger partial charge >= 0.3 is 0 Å². The summed E-state index contributed by atoms with van der Waals surface area (Å²) in [7, 11) is 0. The first-order chi connectivity index (χ1) is 8.70. The van der Waals surface area contributed by atoms with Crippen molar-refractivity contribution in [1.29, 1.82) is 0 Å². The van der Waals surface area contributed by atoms with Crippen molar-refractivity contribution in [2.75, 3.05) is 0 Å². The first kappa shape index (κ1) is 15.4. The van der Waals surface area contributed by atoms with Crippen molar-refractivity contribution in [3.8, 4) is 5.75 Å². The van der Waals surface area contributed by atoms with Crippen LogP contribution in [0.1, 0.15) is 33.3 Å². The number of phenolic OH excluding ortho intramolecular Hbond substituents is 1. The third kappa shape index (κ3) is 4.87. The molecule has 0 aliphatic rings. The Hall–Kier alpha value is -1.62. The molecule has 1 amide bonds. The molecule has 0 aliphatic heterocycles. The molecule has 0 heterocycles. The van der Waals surface area contributed by atoms with Crippen LogP contribution in [0.3, 0.4) is 0 Å². The van der Waals surface area contributed by atoms with Gasteiger partial charge in [-0.3, -0.25) is 4.79 Å². The molecule has 1 rings (SSSR count). The summed E-state index contributed by atoms with van der Waals surface area (Å²) >= 11 is 0. The Balaban J connectivity index is 2.57. The monoisotopic (exact) mass is 268 g/mol. The van der Waals surface area contributed by atoms with Crippen LogP contribution in [0, 0.1) is 5.82 Å². The molecule has 5 heteroatoms. The third-order valence-corrected chi connectivity index (χ3v) is 2.56. The molecular formula is C14H21FN2O2. The molecule has 1 atom stereocenters. The van der Waals surface area contributed by atoms with Crippen molar-refractivity contribution in [3.05, 3.63) is 29.6 Å². The molecule has 0 saturated heterocycles. The number of benzene rings is 1. The maximum Gasteiger partial charge on any atom is 0.237 e. The number of carbonyl (C=O) groups is 1. The smallest absolute Gasteiger partial charge is 0.237 e. The van der Waals surface area contributed by atoms with Gasteiger partial charge in [-0.15, -0.1) is 0 Å². The number of amides is 1. The summed E-state index contributed by atoms with van der Waals surface area (Å²) < 4.78 is 13.1. The number of halogens is 1. The molecule has 0 aromatic heterocycles. The van der Waals surface area contributed by atoms with Crippen LogP contribution in [0.25, 0.3) is 0 Å². The van der Waals surface area contributed by atoms with E-state index < -0.39 is 11.9 Å². The van der Waals surface area contributed by atoms with Gasteiger partial charge in [0.15, 0.2) is 11.6 Å². The highest BCUT2D eigenvalue weighted by atomic mass is 19.1. The van der Waals surface area contributed by atoms with Crippen LogP contribution in [0.5, 0.6) is 5.75 Å². The van der Waals surface area contributed by atoms with Crippen molar-refractivity contribution >= 4 is 5.91 Å². The van der Waals surface area contributed by atoms with Crippen LogP contribution >= 0.6 is 0 Å². The normalized spacial score (nSPS) is 13.1. The van der Waals surface area contributed by atoms with Gasteiger partial charge in [0.05, 0.1) is 6.04 Å². The maximum absolute atomic E-state index is 13.1. The van der Waals surface area contributed by atoms with Gasteiger partial charge in [-0.2, -0.15) is 0 Å². The molecule has 0 bridgehead atoms. The van der Waals surface area contributed by atoms with E-state index in [-0.39, 0.29) is 23.7 Å². The van der Waals surface area contributed by atoms with Gasteiger partial charge in [0.1, 0.15) is 0 Å². The zero-order valence-corrected chi connectivity index (χ0v) is 11.7. The lowest BCUT2D eigenvalue weighted by molar-refractivity contribution is -0.124. The Labute approximate surface area is 113 Å². The van der Waals surface area contributed by atoms with Gasteiger partial charge in [-0.05, 0) is 33.8 Å². The number of phenols is 1. The van der Waals surface area contributed by atoms with Gasteiger partial charge in [0, 0.05) is 17.6 Å². The van der Waals surface area contributed by atoms with E-state index in [1.807, 2.05) is 20.8 Å². The van der Waals surface area contributed by atoms with E-state index in [2.05, 4.69) is 10.6 Å². The van der Waals surface area contributed by atoms with E-state index in [9.17, 15) is 14.3 Å². The van der Waals surface area contributed by atoms with Crippen molar-refractivity contribution in [3.63, 3.8) is 0 Å². The molecule has 0 radical (unpaired) electrons. The van der Waals surface area contributed by atoms with E-state index in [1.54, 1.807) is 13.0 Å². The number of aromatic hydroxyl groups is 1. The van der Waals surface area contributed by atoms with Crippen LogP contribution in [0.15, 0.2) is 18.2 Å². The zero-order valence-electron chi connectivity index (χ0n) is 11.7. The Morgan fingerprint density at radius 3 is 2.63 bits per heavy atom. The predicted octanol–water partition coefficient (Wildman–Crippen LogP) is 1.92. The van der Waals surface area contributed by atoms with E-state index in [0.717, 1.165) is 0 Å². The molecule has 106 valence electrons. The van der Waals surface area contributed by atoms with Crippen molar-refractivity contribution in [1.82, 2.24) is 10.6 Å². The number of hydrogen-bond donors (Lipinski definition) is 3. The average molecular weight is 268 g/mol. The number of nitrogens with one attached hydrogen (secondary N) is 2. The highest BCUT2D eigenvalue weighted by Crippen LogP contribution is 2.20. The fourth-order valence-corrected chi connectivity index (χ4v) is 1.54. The van der Waals surface area contributed by atoms with Gasteiger partial charge in [0.25, 0.3) is 0 Å². The van der Waals surface area contributed by atoms with E-state index in [1.165, 1.54) is 12.1 Å². The fourth-order valence-electron chi connectivity index (χ4n) is 1.54. The van der Waals surface area contributed by atoms with E-state index in [0.29, 0.717) is 5.56 Å². The largest absolute Gasteiger partial charge is 0.505 e. The van der Waals surface area contributed by atoms with Gasteiger partial charge in [-0.25, -0.2) is 4.39 Å². The quantitative estimate of drug-likeness (QED) is 0.782. The number of para-hydroxylation sites is 1. The maximum atomic E-state index is 13.1. The minimum Gasteiger partial charge on any atom is -0.505 e. The summed E-state index contributed by atoms with van der Waals surface area (Å²) in [5.41, 5.74) is 0.129. The molecule has 0 spiro atoms. The lowest BCUT2D eigenvalue weighted by Gasteiger charge is -2.23. The number of carbonyl (C=O) groups excluding carboxylic acids is 1. The van der Waals surface area contributed by atoms with Gasteiger partial charge in [-0.1, -0.05) is 12.1 Å². The lowest BCUT2D eigenvalue weighted by atomic mass is 10.1.